The maximum absolute atomic E-state index is 6.44. The normalized spacial score (nSPS) is 13.4. The van der Waals surface area contributed by atoms with Gasteiger partial charge in [0.15, 0.2) is 0 Å². The molecule has 0 radical (unpaired) electrons. The van der Waals surface area contributed by atoms with Gasteiger partial charge in [0.05, 0.1) is 0 Å². The van der Waals surface area contributed by atoms with Gasteiger partial charge in [0.2, 0.25) is 0 Å². The van der Waals surface area contributed by atoms with E-state index in [2.05, 4.69) is 199 Å². The summed E-state index contributed by atoms with van der Waals surface area (Å²) in [6.07, 6.45) is 0. The number of rotatable bonds is 5. The Morgan fingerprint density at radius 2 is 0.947 bits per heavy atom. The van der Waals surface area contributed by atoms with E-state index in [-0.39, 0.29) is 5.92 Å². The van der Waals surface area contributed by atoms with E-state index >= 15 is 0 Å². The van der Waals surface area contributed by atoms with Gasteiger partial charge in [-0.25, -0.2) is 0 Å². The predicted molar refractivity (Wildman–Crippen MR) is 239 cm³/mol. The molecule has 1 unspecified atom stereocenters. The first-order valence-electron chi connectivity index (χ1n) is 19.7. The van der Waals surface area contributed by atoms with E-state index in [1.807, 2.05) is 12.1 Å². The van der Waals surface area contributed by atoms with E-state index < -0.39 is 0 Å². The van der Waals surface area contributed by atoms with E-state index in [9.17, 15) is 0 Å². The number of hydrogen-bond acceptors (Lipinski definition) is 2. The fraction of sp³-hybridized carbons (Fsp3) is 0.0182. The minimum absolute atomic E-state index is 0.243. The molecule has 0 saturated heterocycles. The Bertz CT molecular complexity index is 3360. The zero-order valence-electron chi connectivity index (χ0n) is 31.1. The molecule has 0 saturated carbocycles. The van der Waals surface area contributed by atoms with Crippen LogP contribution in [0.1, 0.15) is 22.6 Å². The van der Waals surface area contributed by atoms with Gasteiger partial charge in [0.25, 0.3) is 0 Å². The van der Waals surface area contributed by atoms with Crippen LogP contribution in [-0.2, 0) is 0 Å². The lowest BCUT2D eigenvalue weighted by molar-refractivity contribution is 0.672. The molecule has 0 aliphatic heterocycles. The van der Waals surface area contributed by atoms with Gasteiger partial charge in [-0.05, 0) is 127 Å². The third-order valence-corrected chi connectivity index (χ3v) is 12.1. The molecule has 1 heterocycles. The van der Waals surface area contributed by atoms with E-state index in [0.29, 0.717) is 0 Å². The molecule has 1 aliphatic carbocycles. The van der Waals surface area contributed by atoms with Gasteiger partial charge in [-0.1, -0.05) is 146 Å². The van der Waals surface area contributed by atoms with Crippen LogP contribution in [0.5, 0.6) is 0 Å². The molecule has 57 heavy (non-hydrogen) atoms. The van der Waals surface area contributed by atoms with E-state index in [1.54, 1.807) is 0 Å². The summed E-state index contributed by atoms with van der Waals surface area (Å²) >= 11 is 0. The topological polar surface area (TPSA) is 16.4 Å². The number of hydrogen-bond donors (Lipinski definition) is 0. The van der Waals surface area contributed by atoms with Gasteiger partial charge >= 0.3 is 0 Å². The molecule has 0 N–H and O–H groups in total. The molecule has 2 nitrogen and oxygen atoms in total. The second-order valence-corrected chi connectivity index (χ2v) is 15.3. The SMILES string of the molecule is c1ccc(C2c3ccccc3-c3cc(-c4ccc(N(c5ccc6c(ccc7ccccc76)c5)c5ccc6c(ccc7c8ccccc8oc67)c5)cc4)ccc32)cc1. The van der Waals surface area contributed by atoms with E-state index in [0.717, 1.165) is 49.8 Å². The van der Waals surface area contributed by atoms with E-state index in [1.165, 1.54) is 60.5 Å². The third kappa shape index (κ3) is 5.04. The van der Waals surface area contributed by atoms with Crippen molar-refractivity contribution in [2.24, 2.45) is 0 Å². The Kier molecular flexibility index (Phi) is 7.02. The van der Waals surface area contributed by atoms with Crippen molar-refractivity contribution in [3.05, 3.63) is 223 Å². The fourth-order valence-electron chi connectivity index (χ4n) is 9.41. The van der Waals surface area contributed by atoms with Crippen molar-refractivity contribution in [1.82, 2.24) is 0 Å². The largest absolute Gasteiger partial charge is 0.455 e. The van der Waals surface area contributed by atoms with Crippen LogP contribution in [0, 0.1) is 0 Å². The lowest BCUT2D eigenvalue weighted by Gasteiger charge is -2.26. The molecular formula is C55H35NO. The highest BCUT2D eigenvalue weighted by Crippen LogP contribution is 2.49. The summed E-state index contributed by atoms with van der Waals surface area (Å²) in [7, 11) is 0. The summed E-state index contributed by atoms with van der Waals surface area (Å²) in [5.41, 5.74) is 14.3. The van der Waals surface area contributed by atoms with Crippen molar-refractivity contribution in [3.63, 3.8) is 0 Å². The minimum atomic E-state index is 0.243. The number of anilines is 3. The number of para-hydroxylation sites is 1. The Morgan fingerprint density at radius 1 is 0.351 bits per heavy atom. The van der Waals surface area contributed by atoms with Crippen molar-refractivity contribution < 1.29 is 4.42 Å². The van der Waals surface area contributed by atoms with Crippen LogP contribution in [-0.4, -0.2) is 0 Å². The first kappa shape index (κ1) is 31.9. The summed E-state index contributed by atoms with van der Waals surface area (Å²) < 4.78 is 6.44. The van der Waals surface area contributed by atoms with Gasteiger partial charge < -0.3 is 9.32 Å². The second-order valence-electron chi connectivity index (χ2n) is 15.3. The number of nitrogens with zero attached hydrogens (tertiary/aromatic N) is 1. The van der Waals surface area contributed by atoms with Crippen LogP contribution < -0.4 is 4.90 Å². The number of fused-ring (bicyclic) bond motifs is 11. The first-order valence-corrected chi connectivity index (χ1v) is 19.7. The molecule has 1 aliphatic rings. The maximum Gasteiger partial charge on any atom is 0.143 e. The average Bonchev–Trinajstić information content (AvgIpc) is 3.83. The molecule has 11 aromatic rings. The summed E-state index contributed by atoms with van der Waals surface area (Å²) in [6.45, 7) is 0. The van der Waals surface area contributed by atoms with Crippen molar-refractivity contribution in [2.45, 2.75) is 5.92 Å². The lowest BCUT2D eigenvalue weighted by atomic mass is 9.89. The average molecular weight is 726 g/mol. The Balaban J connectivity index is 0.977. The van der Waals surface area contributed by atoms with Crippen molar-refractivity contribution in [3.8, 4) is 22.3 Å². The van der Waals surface area contributed by atoms with Gasteiger partial charge in [-0.2, -0.15) is 0 Å². The lowest BCUT2D eigenvalue weighted by Crippen LogP contribution is -2.10. The van der Waals surface area contributed by atoms with Crippen LogP contribution in [0.15, 0.2) is 211 Å². The second kappa shape index (κ2) is 12.6. The van der Waals surface area contributed by atoms with Crippen molar-refractivity contribution in [1.29, 1.82) is 0 Å². The van der Waals surface area contributed by atoms with Gasteiger partial charge in [0, 0.05) is 39.1 Å². The summed E-state index contributed by atoms with van der Waals surface area (Å²) in [4.78, 5) is 2.38. The highest BCUT2D eigenvalue weighted by Gasteiger charge is 2.30. The number of benzene rings is 10. The van der Waals surface area contributed by atoms with Crippen LogP contribution >= 0.6 is 0 Å². The molecular weight excluding hydrogens is 691 g/mol. The molecule has 1 aromatic heterocycles. The standard InChI is InChI=1S/C55H35NO/c1-2-11-37(12-3-1)54-49-16-7-6-14-47(49)52-34-38(22-28-50(52)54)35-20-24-41(25-21-35)56(42-26-30-45-39(32-42)19-18-36-10-4-5-13-44(36)45)43-27-31-46-40(33-43)23-29-51-48-15-8-9-17-53(48)57-55(46)51/h1-34,54H. The minimum Gasteiger partial charge on any atom is -0.455 e. The molecule has 0 amide bonds. The zero-order valence-corrected chi connectivity index (χ0v) is 31.1. The molecule has 266 valence electrons. The summed E-state index contributed by atoms with van der Waals surface area (Å²) in [5, 5.41) is 9.53. The summed E-state index contributed by atoms with van der Waals surface area (Å²) in [6, 6.07) is 75.3. The van der Waals surface area contributed by atoms with Crippen molar-refractivity contribution in [2.75, 3.05) is 4.90 Å². The quantitative estimate of drug-likeness (QED) is 0.164. The Labute approximate surface area is 330 Å². The Morgan fingerprint density at radius 3 is 1.81 bits per heavy atom. The Hall–Kier alpha value is -7.42. The third-order valence-electron chi connectivity index (χ3n) is 12.1. The molecule has 2 heteroatoms. The molecule has 0 bridgehead atoms. The highest BCUT2D eigenvalue weighted by molar-refractivity contribution is 6.15. The maximum atomic E-state index is 6.44. The van der Waals surface area contributed by atoms with Gasteiger partial charge in [-0.15, -0.1) is 0 Å². The smallest absolute Gasteiger partial charge is 0.143 e. The zero-order chi connectivity index (χ0) is 37.5. The first-order chi connectivity index (χ1) is 28.2. The molecule has 0 spiro atoms. The molecule has 0 fully saturated rings. The predicted octanol–water partition coefficient (Wildman–Crippen LogP) is 15.3. The van der Waals surface area contributed by atoms with Crippen LogP contribution in [0.3, 0.4) is 0 Å². The molecule has 12 rings (SSSR count). The highest BCUT2D eigenvalue weighted by atomic mass is 16.3. The van der Waals surface area contributed by atoms with Crippen molar-refractivity contribution >= 4 is 71.3 Å². The van der Waals surface area contributed by atoms with Crippen LogP contribution in [0.4, 0.5) is 17.1 Å². The fourth-order valence-corrected chi connectivity index (χ4v) is 9.41. The monoisotopic (exact) mass is 725 g/mol. The molecule has 1 atom stereocenters. The van der Waals surface area contributed by atoms with E-state index in [4.69, 9.17) is 4.42 Å². The summed E-state index contributed by atoms with van der Waals surface area (Å²) in [5.74, 6) is 0.243. The molecule has 10 aromatic carbocycles. The van der Waals surface area contributed by atoms with Gasteiger partial charge in [0.1, 0.15) is 11.2 Å². The van der Waals surface area contributed by atoms with Crippen LogP contribution in [0.2, 0.25) is 0 Å². The number of furan rings is 1. The van der Waals surface area contributed by atoms with Crippen LogP contribution in [0.25, 0.3) is 76.5 Å². The van der Waals surface area contributed by atoms with Gasteiger partial charge in [-0.3, -0.25) is 0 Å².